The van der Waals surface area contributed by atoms with Gasteiger partial charge in [-0.05, 0) is 36.8 Å². The van der Waals surface area contributed by atoms with Crippen LogP contribution in [0.4, 0.5) is 10.5 Å². The van der Waals surface area contributed by atoms with E-state index in [4.69, 9.17) is 16.7 Å². The van der Waals surface area contributed by atoms with Crippen LogP contribution in [0.5, 0.6) is 0 Å². The molecule has 0 fully saturated rings. The van der Waals surface area contributed by atoms with E-state index in [2.05, 4.69) is 10.6 Å². The minimum atomic E-state index is -1.03. The molecule has 0 unspecified atom stereocenters. The Hall–Kier alpha value is -2.05. The number of hydrogen-bond acceptors (Lipinski definition) is 3. The fraction of sp³-hybridized carbons (Fsp3) is 0.143. The molecule has 0 spiro atoms. The Kier molecular flexibility index (Phi) is 5.19. The van der Waals surface area contributed by atoms with Crippen molar-refractivity contribution < 1.29 is 14.7 Å². The maximum Gasteiger partial charge on any atom is 0.335 e. The van der Waals surface area contributed by atoms with Crippen LogP contribution in [0.25, 0.3) is 0 Å². The molecule has 21 heavy (non-hydrogen) atoms. The van der Waals surface area contributed by atoms with E-state index < -0.39 is 5.97 Å². The summed E-state index contributed by atoms with van der Waals surface area (Å²) in [6, 6.07) is 9.44. The van der Waals surface area contributed by atoms with Crippen LogP contribution < -0.4 is 10.6 Å². The number of carbonyl (C=O) groups is 2. The zero-order valence-corrected chi connectivity index (χ0v) is 12.5. The molecule has 110 valence electrons. The summed E-state index contributed by atoms with van der Waals surface area (Å²) in [6.45, 7) is 0.474. The van der Waals surface area contributed by atoms with Crippen LogP contribution in [-0.4, -0.2) is 23.7 Å². The minimum absolute atomic E-state index is 0.126. The van der Waals surface area contributed by atoms with Gasteiger partial charge < -0.3 is 15.7 Å². The highest BCUT2D eigenvalue weighted by atomic mass is 35.5. The largest absolute Gasteiger partial charge is 0.478 e. The highest BCUT2D eigenvalue weighted by molar-refractivity contribution is 7.16. The molecule has 0 radical (unpaired) electrons. The molecular weight excluding hydrogens is 312 g/mol. The molecule has 3 N–H and O–H groups in total. The average Bonchev–Trinajstić information content (AvgIpc) is 2.84. The Morgan fingerprint density at radius 3 is 2.71 bits per heavy atom. The Morgan fingerprint density at radius 1 is 1.24 bits per heavy atom. The number of amides is 2. The highest BCUT2D eigenvalue weighted by Crippen LogP contribution is 2.21. The number of benzene rings is 1. The zero-order chi connectivity index (χ0) is 15.2. The topological polar surface area (TPSA) is 78.4 Å². The number of carboxylic acids is 1. The fourth-order valence-corrected chi connectivity index (χ4v) is 2.78. The van der Waals surface area contributed by atoms with Crippen LogP contribution in [0, 0.1) is 0 Å². The van der Waals surface area contributed by atoms with Gasteiger partial charge in [0.1, 0.15) is 0 Å². The minimum Gasteiger partial charge on any atom is -0.478 e. The van der Waals surface area contributed by atoms with Crippen molar-refractivity contribution in [3.63, 3.8) is 0 Å². The van der Waals surface area contributed by atoms with Crippen LogP contribution in [0.3, 0.4) is 0 Å². The molecule has 0 aliphatic rings. The lowest BCUT2D eigenvalue weighted by Gasteiger charge is -2.07. The number of rotatable bonds is 5. The summed E-state index contributed by atoms with van der Waals surface area (Å²) < 4.78 is 0.722. The normalized spacial score (nSPS) is 10.1. The van der Waals surface area contributed by atoms with Crippen molar-refractivity contribution in [2.75, 3.05) is 11.9 Å². The molecule has 1 heterocycles. The summed E-state index contributed by atoms with van der Waals surface area (Å²) in [7, 11) is 0. The molecule has 0 saturated carbocycles. The van der Waals surface area contributed by atoms with Gasteiger partial charge in [-0.15, -0.1) is 11.3 Å². The number of halogens is 1. The molecular formula is C14H13ClN2O3S. The maximum absolute atomic E-state index is 11.7. The molecule has 1 aromatic carbocycles. The van der Waals surface area contributed by atoms with Crippen LogP contribution in [0.1, 0.15) is 15.2 Å². The first-order valence-electron chi connectivity index (χ1n) is 6.17. The molecule has 5 nitrogen and oxygen atoms in total. The quantitative estimate of drug-likeness (QED) is 0.788. The van der Waals surface area contributed by atoms with Gasteiger partial charge in [0.05, 0.1) is 9.90 Å². The molecule has 0 aliphatic heterocycles. The van der Waals surface area contributed by atoms with E-state index in [1.807, 2.05) is 12.1 Å². The van der Waals surface area contributed by atoms with Gasteiger partial charge >= 0.3 is 12.0 Å². The van der Waals surface area contributed by atoms with Crippen molar-refractivity contribution in [3.05, 3.63) is 51.2 Å². The standard InChI is InChI=1S/C14H13ClN2O3S/c15-12-5-4-11(21-12)6-7-16-14(20)17-10-3-1-2-9(8-10)13(18)19/h1-5,8H,6-7H2,(H,18,19)(H2,16,17,20). The first-order valence-corrected chi connectivity index (χ1v) is 7.36. The van der Waals surface area contributed by atoms with E-state index in [1.54, 1.807) is 12.1 Å². The lowest BCUT2D eigenvalue weighted by atomic mass is 10.2. The van der Waals surface area contributed by atoms with Gasteiger partial charge in [-0.3, -0.25) is 0 Å². The predicted octanol–water partition coefficient (Wildman–Crippen LogP) is 3.46. The van der Waals surface area contributed by atoms with E-state index in [0.717, 1.165) is 9.21 Å². The third-order valence-corrected chi connectivity index (χ3v) is 3.94. The van der Waals surface area contributed by atoms with Gasteiger partial charge in [0, 0.05) is 17.1 Å². The number of hydrogen-bond donors (Lipinski definition) is 3. The summed E-state index contributed by atoms with van der Waals surface area (Å²) in [5.74, 6) is -1.03. The third-order valence-electron chi connectivity index (χ3n) is 2.65. The molecule has 0 aliphatic carbocycles. The van der Waals surface area contributed by atoms with Crippen molar-refractivity contribution in [2.45, 2.75) is 6.42 Å². The summed E-state index contributed by atoms with van der Waals surface area (Å²) in [5, 5.41) is 14.2. The van der Waals surface area contributed by atoms with Gasteiger partial charge in [-0.2, -0.15) is 0 Å². The van der Waals surface area contributed by atoms with E-state index >= 15 is 0 Å². The van der Waals surface area contributed by atoms with Crippen LogP contribution in [0.15, 0.2) is 36.4 Å². The fourth-order valence-electron chi connectivity index (χ4n) is 1.69. The van der Waals surface area contributed by atoms with Crippen LogP contribution in [0.2, 0.25) is 4.34 Å². The Bertz CT molecular complexity index is 657. The molecule has 2 amide bonds. The third kappa shape index (κ3) is 4.77. The van der Waals surface area contributed by atoms with E-state index in [-0.39, 0.29) is 11.6 Å². The molecule has 1 aromatic heterocycles. The van der Waals surface area contributed by atoms with Gasteiger partial charge in [-0.25, -0.2) is 9.59 Å². The number of carbonyl (C=O) groups excluding carboxylic acids is 1. The number of carboxylic acid groups (broad SMARTS) is 1. The average molecular weight is 325 g/mol. The zero-order valence-electron chi connectivity index (χ0n) is 10.9. The Morgan fingerprint density at radius 2 is 2.05 bits per heavy atom. The molecule has 0 saturated heterocycles. The second kappa shape index (κ2) is 7.10. The molecule has 2 rings (SSSR count). The molecule has 7 heteroatoms. The summed E-state index contributed by atoms with van der Waals surface area (Å²) in [4.78, 5) is 23.6. The summed E-state index contributed by atoms with van der Waals surface area (Å²) in [5.41, 5.74) is 0.563. The van der Waals surface area contributed by atoms with Gasteiger partial charge in [-0.1, -0.05) is 17.7 Å². The SMILES string of the molecule is O=C(NCCc1ccc(Cl)s1)Nc1cccc(C(=O)O)c1. The van der Waals surface area contributed by atoms with Gasteiger partial charge in [0.25, 0.3) is 0 Å². The monoisotopic (exact) mass is 324 g/mol. The number of anilines is 1. The van der Waals surface area contributed by atoms with Crippen LogP contribution >= 0.6 is 22.9 Å². The maximum atomic E-state index is 11.7. The molecule has 0 atom stereocenters. The van der Waals surface area contributed by atoms with Crippen molar-refractivity contribution in [1.29, 1.82) is 0 Å². The molecule has 2 aromatic rings. The number of aromatic carboxylic acids is 1. The summed E-state index contributed by atoms with van der Waals surface area (Å²) in [6.07, 6.45) is 0.694. The number of thiophene rings is 1. The smallest absolute Gasteiger partial charge is 0.335 e. The number of nitrogens with one attached hydrogen (secondary N) is 2. The second-order valence-electron chi connectivity index (χ2n) is 4.22. The first kappa shape index (κ1) is 15.3. The van der Waals surface area contributed by atoms with Crippen molar-refractivity contribution >= 4 is 40.6 Å². The lowest BCUT2D eigenvalue weighted by molar-refractivity contribution is 0.0697. The highest BCUT2D eigenvalue weighted by Gasteiger charge is 2.06. The second-order valence-corrected chi connectivity index (χ2v) is 6.02. The van der Waals surface area contributed by atoms with Gasteiger partial charge in [0.2, 0.25) is 0 Å². The Balaban J connectivity index is 1.81. The van der Waals surface area contributed by atoms with E-state index in [9.17, 15) is 9.59 Å². The first-order chi connectivity index (χ1) is 10.0. The summed E-state index contributed by atoms with van der Waals surface area (Å²) >= 11 is 7.30. The van der Waals surface area contributed by atoms with Gasteiger partial charge in [0.15, 0.2) is 0 Å². The number of urea groups is 1. The Labute approximate surface area is 130 Å². The van der Waals surface area contributed by atoms with E-state index in [1.165, 1.54) is 23.5 Å². The van der Waals surface area contributed by atoms with Crippen molar-refractivity contribution in [1.82, 2.24) is 5.32 Å². The van der Waals surface area contributed by atoms with Crippen molar-refractivity contribution in [3.8, 4) is 0 Å². The van der Waals surface area contributed by atoms with Crippen LogP contribution in [-0.2, 0) is 6.42 Å². The van der Waals surface area contributed by atoms with Crippen molar-refractivity contribution in [2.24, 2.45) is 0 Å². The van der Waals surface area contributed by atoms with E-state index in [0.29, 0.717) is 18.7 Å². The molecule has 0 bridgehead atoms. The lowest BCUT2D eigenvalue weighted by Crippen LogP contribution is -2.30. The predicted molar refractivity (Wildman–Crippen MR) is 83.5 cm³/mol.